The Morgan fingerprint density at radius 3 is 2.15 bits per heavy atom. The molecule has 0 heterocycles. The van der Waals surface area contributed by atoms with Gasteiger partial charge in [-0.25, -0.2) is 0 Å². The summed E-state index contributed by atoms with van der Waals surface area (Å²) in [5.41, 5.74) is 2.87. The highest BCUT2D eigenvalue weighted by atomic mass is 79.9. The number of nitrogens with one attached hydrogen (secondary N) is 3. The van der Waals surface area contributed by atoms with Crippen LogP contribution in [0.4, 0.5) is 11.4 Å². The third-order valence-electron chi connectivity index (χ3n) is 6.58. The lowest BCUT2D eigenvalue weighted by molar-refractivity contribution is -0.116. The fourth-order valence-electron chi connectivity index (χ4n) is 4.34. The Morgan fingerprint density at radius 2 is 1.43 bits per heavy atom. The van der Waals surface area contributed by atoms with E-state index < -0.39 is 17.1 Å². The monoisotopic (exact) mass is 729 g/mol. The molecule has 3 amide bonds. The summed E-state index contributed by atoms with van der Waals surface area (Å²) in [4.78, 5) is 40.9. The SMILES string of the molecule is O=C(Nc1cccc(SC(C(=O)Nc2cc(Cl)ccc2Cl)c2ccccc2)c1)/C(=C\c1ccc(Br)cc1)NC(=O)c1ccccc1. The van der Waals surface area contributed by atoms with Crippen LogP contribution in [0.25, 0.3) is 6.08 Å². The average Bonchev–Trinajstić information content (AvgIpc) is 3.07. The molecule has 0 saturated carbocycles. The van der Waals surface area contributed by atoms with E-state index in [0.717, 1.165) is 20.5 Å². The first-order valence-electron chi connectivity index (χ1n) is 14.0. The molecule has 230 valence electrons. The molecular weight excluding hydrogens is 705 g/mol. The second-order valence-corrected chi connectivity index (χ2v) is 12.9. The van der Waals surface area contributed by atoms with Gasteiger partial charge in [0.15, 0.2) is 0 Å². The number of hydrogen-bond acceptors (Lipinski definition) is 4. The van der Waals surface area contributed by atoms with E-state index in [1.807, 2.05) is 66.7 Å². The molecule has 0 aliphatic carbocycles. The van der Waals surface area contributed by atoms with Gasteiger partial charge in [-0.2, -0.15) is 0 Å². The molecule has 46 heavy (non-hydrogen) atoms. The molecule has 0 radical (unpaired) electrons. The molecule has 1 atom stereocenters. The van der Waals surface area contributed by atoms with Crippen molar-refractivity contribution < 1.29 is 14.4 Å². The van der Waals surface area contributed by atoms with Gasteiger partial charge in [-0.05, 0) is 77.9 Å². The van der Waals surface area contributed by atoms with Gasteiger partial charge < -0.3 is 16.0 Å². The minimum atomic E-state index is -0.653. The highest BCUT2D eigenvalue weighted by Gasteiger charge is 2.23. The number of halogens is 3. The Balaban J connectivity index is 1.38. The second kappa shape index (κ2) is 15.8. The van der Waals surface area contributed by atoms with Gasteiger partial charge in [0, 0.05) is 25.6 Å². The Morgan fingerprint density at radius 1 is 0.739 bits per heavy atom. The Kier molecular flexibility index (Phi) is 11.3. The Hall–Kier alpha value is -4.34. The fraction of sp³-hybridized carbons (Fsp3) is 0.0278. The molecule has 0 saturated heterocycles. The molecule has 10 heteroatoms. The number of hydrogen-bond donors (Lipinski definition) is 3. The van der Waals surface area contributed by atoms with E-state index in [4.69, 9.17) is 23.2 Å². The normalized spacial score (nSPS) is 11.8. The zero-order valence-corrected chi connectivity index (χ0v) is 28.0. The van der Waals surface area contributed by atoms with E-state index in [9.17, 15) is 14.4 Å². The van der Waals surface area contributed by atoms with Crippen LogP contribution >= 0.6 is 50.9 Å². The zero-order valence-electron chi connectivity index (χ0n) is 24.0. The van der Waals surface area contributed by atoms with Crippen LogP contribution in [-0.4, -0.2) is 17.7 Å². The van der Waals surface area contributed by atoms with Crippen LogP contribution in [0.3, 0.4) is 0 Å². The van der Waals surface area contributed by atoms with Gasteiger partial charge in [0.2, 0.25) is 5.91 Å². The summed E-state index contributed by atoms with van der Waals surface area (Å²) >= 11 is 17.2. The van der Waals surface area contributed by atoms with Crippen molar-refractivity contribution in [3.8, 4) is 0 Å². The predicted molar refractivity (Wildman–Crippen MR) is 191 cm³/mol. The molecule has 0 aliphatic rings. The van der Waals surface area contributed by atoms with E-state index >= 15 is 0 Å². The smallest absolute Gasteiger partial charge is 0.272 e. The molecule has 5 aromatic carbocycles. The van der Waals surface area contributed by atoms with Crippen molar-refractivity contribution in [3.05, 3.63) is 164 Å². The molecule has 0 spiro atoms. The van der Waals surface area contributed by atoms with Gasteiger partial charge in [-0.1, -0.05) is 106 Å². The predicted octanol–water partition coefficient (Wildman–Crippen LogP) is 9.64. The maximum atomic E-state index is 13.6. The summed E-state index contributed by atoms with van der Waals surface area (Å²) in [7, 11) is 0. The second-order valence-electron chi connectivity index (χ2n) is 9.93. The molecule has 5 rings (SSSR count). The lowest BCUT2D eigenvalue weighted by atomic mass is 10.1. The maximum absolute atomic E-state index is 13.6. The van der Waals surface area contributed by atoms with E-state index in [-0.39, 0.29) is 11.6 Å². The molecular formula is C36H26BrCl2N3O3S. The van der Waals surface area contributed by atoms with Gasteiger partial charge >= 0.3 is 0 Å². The molecule has 0 bridgehead atoms. The summed E-state index contributed by atoms with van der Waals surface area (Å²) in [5.74, 6) is -1.22. The lowest BCUT2D eigenvalue weighted by Gasteiger charge is -2.18. The van der Waals surface area contributed by atoms with Crippen molar-refractivity contribution in [1.29, 1.82) is 0 Å². The minimum Gasteiger partial charge on any atom is -0.323 e. The molecule has 1 unspecified atom stereocenters. The molecule has 0 aromatic heterocycles. The Bertz CT molecular complexity index is 1890. The number of thioether (sulfide) groups is 1. The fourth-order valence-corrected chi connectivity index (χ4v) is 6.03. The van der Waals surface area contributed by atoms with Crippen molar-refractivity contribution in [2.45, 2.75) is 10.1 Å². The lowest BCUT2D eigenvalue weighted by Crippen LogP contribution is -2.30. The van der Waals surface area contributed by atoms with Gasteiger partial charge in [0.1, 0.15) is 10.9 Å². The minimum absolute atomic E-state index is 0.0640. The molecule has 6 nitrogen and oxygen atoms in total. The van der Waals surface area contributed by atoms with E-state index in [2.05, 4.69) is 31.9 Å². The first-order chi connectivity index (χ1) is 22.2. The largest absolute Gasteiger partial charge is 0.323 e. The summed E-state index contributed by atoms with van der Waals surface area (Å²) < 4.78 is 0.886. The van der Waals surface area contributed by atoms with Crippen LogP contribution in [0.1, 0.15) is 26.7 Å². The van der Waals surface area contributed by atoms with Crippen molar-refractivity contribution in [3.63, 3.8) is 0 Å². The van der Waals surface area contributed by atoms with Gasteiger partial charge in [-0.3, -0.25) is 14.4 Å². The zero-order chi connectivity index (χ0) is 32.5. The van der Waals surface area contributed by atoms with Crippen LogP contribution in [0.5, 0.6) is 0 Å². The summed E-state index contributed by atoms with van der Waals surface area (Å²) in [6.07, 6.45) is 1.61. The quantitative estimate of drug-likeness (QED) is 0.0987. The van der Waals surface area contributed by atoms with Crippen LogP contribution in [0.15, 0.2) is 142 Å². The topological polar surface area (TPSA) is 87.3 Å². The van der Waals surface area contributed by atoms with Crippen molar-refractivity contribution >= 4 is 86.1 Å². The first kappa shape index (κ1) is 33.0. The summed E-state index contributed by atoms with van der Waals surface area (Å²) in [6.45, 7) is 0. The summed E-state index contributed by atoms with van der Waals surface area (Å²) in [6, 6.07) is 37.4. The number of carbonyl (C=O) groups excluding carboxylic acids is 3. The number of benzene rings is 5. The van der Waals surface area contributed by atoms with E-state index in [1.165, 1.54) is 11.8 Å². The van der Waals surface area contributed by atoms with Gasteiger partial charge in [0.05, 0.1) is 10.7 Å². The molecule has 0 fully saturated rings. The number of carbonyl (C=O) groups is 3. The van der Waals surface area contributed by atoms with Crippen LogP contribution in [0, 0.1) is 0 Å². The van der Waals surface area contributed by atoms with Crippen LogP contribution in [-0.2, 0) is 9.59 Å². The third kappa shape index (κ3) is 9.11. The molecule has 0 aliphatic heterocycles. The maximum Gasteiger partial charge on any atom is 0.272 e. The van der Waals surface area contributed by atoms with Crippen molar-refractivity contribution in [1.82, 2.24) is 5.32 Å². The standard InChI is InChI=1S/C36H26BrCl2N3O3S/c37-26-16-14-23(15-17-26)20-32(42-34(43)25-10-5-2-6-11-25)35(44)40-28-12-7-13-29(22-28)46-33(24-8-3-1-4-9-24)36(45)41-31-21-27(38)18-19-30(31)39/h1-22,33H,(H,40,44)(H,41,45)(H,42,43)/b32-20+. The number of anilines is 2. The first-order valence-corrected chi connectivity index (χ1v) is 16.4. The summed E-state index contributed by atoms with van der Waals surface area (Å²) in [5, 5.41) is 8.69. The molecule has 3 N–H and O–H groups in total. The third-order valence-corrected chi connectivity index (χ3v) is 8.92. The van der Waals surface area contributed by atoms with Crippen LogP contribution < -0.4 is 16.0 Å². The Labute approximate surface area is 289 Å². The van der Waals surface area contributed by atoms with E-state index in [0.29, 0.717) is 27.0 Å². The highest BCUT2D eigenvalue weighted by molar-refractivity contribution is 9.10. The number of rotatable bonds is 10. The van der Waals surface area contributed by atoms with Crippen molar-refractivity contribution in [2.75, 3.05) is 10.6 Å². The average molecular weight is 731 g/mol. The molecule has 5 aromatic rings. The van der Waals surface area contributed by atoms with Gasteiger partial charge in [-0.15, -0.1) is 11.8 Å². The van der Waals surface area contributed by atoms with Crippen molar-refractivity contribution in [2.24, 2.45) is 0 Å². The van der Waals surface area contributed by atoms with Gasteiger partial charge in [0.25, 0.3) is 11.8 Å². The highest BCUT2D eigenvalue weighted by Crippen LogP contribution is 2.38. The van der Waals surface area contributed by atoms with E-state index in [1.54, 1.807) is 66.7 Å². The number of amides is 3. The van der Waals surface area contributed by atoms with Crippen LogP contribution in [0.2, 0.25) is 10.0 Å².